The summed E-state index contributed by atoms with van der Waals surface area (Å²) in [6.45, 7) is 1.08. The summed E-state index contributed by atoms with van der Waals surface area (Å²) >= 11 is 6.15. The Kier molecular flexibility index (Phi) is 6.19. The van der Waals surface area contributed by atoms with Crippen LogP contribution in [-0.2, 0) is 19.8 Å². The van der Waals surface area contributed by atoms with Crippen LogP contribution in [0.4, 0.5) is 5.00 Å². The number of Topliss-reactive ketones (excluding diaryl/α,β-unsaturated/α-hetero) is 1. The fourth-order valence-electron chi connectivity index (χ4n) is 3.76. The van der Waals surface area contributed by atoms with Crippen LogP contribution in [0.2, 0.25) is 0 Å². The molecule has 4 aromatic heterocycles. The molecule has 0 radical (unpaired) electrons. The molecule has 1 aliphatic heterocycles. The van der Waals surface area contributed by atoms with Gasteiger partial charge in [0.2, 0.25) is 5.78 Å². The zero-order valence-corrected chi connectivity index (χ0v) is 19.5. The molecule has 0 bridgehead atoms. The van der Waals surface area contributed by atoms with Gasteiger partial charge in [-0.3, -0.25) is 19.3 Å². The molecule has 5 heterocycles. The minimum absolute atomic E-state index is 0.348. The normalized spacial score (nSPS) is 17.5. The molecule has 1 saturated heterocycles. The number of nitrogens with zero attached hydrogens (tertiary/aromatic N) is 1. The highest BCUT2D eigenvalue weighted by molar-refractivity contribution is 7.15. The molecule has 5 nitrogen and oxygen atoms in total. The molecule has 1 aliphatic rings. The van der Waals surface area contributed by atoms with E-state index in [1.54, 1.807) is 16.2 Å². The quantitative estimate of drug-likeness (QED) is 0.377. The molecule has 5 rings (SSSR count). The number of amides is 1. The van der Waals surface area contributed by atoms with Gasteiger partial charge in [-0.15, -0.1) is 45.3 Å². The van der Waals surface area contributed by atoms with Crippen molar-refractivity contribution in [1.29, 1.82) is 0 Å². The molecular weight excluding hydrogens is 471 g/mol. The Morgan fingerprint density at radius 1 is 0.871 bits per heavy atom. The highest BCUT2D eigenvalue weighted by atomic mass is 32.1. The van der Waals surface area contributed by atoms with Crippen LogP contribution in [0.5, 0.6) is 0 Å². The first-order valence-corrected chi connectivity index (χ1v) is 12.7. The van der Waals surface area contributed by atoms with E-state index in [2.05, 4.69) is 0 Å². The molecule has 158 valence electrons. The van der Waals surface area contributed by atoms with Crippen LogP contribution in [-0.4, -0.2) is 22.8 Å². The molecular formula is C22H17NO4S4. The Morgan fingerprint density at radius 3 is 1.84 bits per heavy atom. The third-order valence-electron chi connectivity index (χ3n) is 4.82. The van der Waals surface area contributed by atoms with Gasteiger partial charge in [-0.05, 0) is 51.9 Å². The largest absolute Gasteiger partial charge is 0.481 e. The van der Waals surface area contributed by atoms with E-state index in [9.17, 15) is 9.59 Å². The number of aliphatic carboxylic acids is 1. The van der Waals surface area contributed by atoms with Gasteiger partial charge < -0.3 is 5.11 Å². The summed E-state index contributed by atoms with van der Waals surface area (Å²) in [7, 11) is 0. The fourth-order valence-corrected chi connectivity index (χ4v) is 7.38. The first-order chi connectivity index (χ1) is 15.0. The minimum atomic E-state index is -1.01. The molecule has 0 aromatic carbocycles. The maximum absolute atomic E-state index is 13.7. The lowest BCUT2D eigenvalue weighted by Crippen LogP contribution is -2.38. The molecule has 0 aliphatic carbocycles. The van der Waals surface area contributed by atoms with E-state index >= 15 is 0 Å². The Bertz CT molecular complexity index is 1120. The molecule has 31 heavy (non-hydrogen) atoms. The van der Waals surface area contributed by atoms with Gasteiger partial charge in [-0.2, -0.15) is 0 Å². The summed E-state index contributed by atoms with van der Waals surface area (Å²) < 4.78 is 0. The summed E-state index contributed by atoms with van der Waals surface area (Å²) in [5.74, 6) is -1.61. The molecule has 1 N–H and O–H groups in total. The van der Waals surface area contributed by atoms with Crippen LogP contribution in [0.15, 0.2) is 70.1 Å². The Morgan fingerprint density at radius 2 is 1.39 bits per heavy atom. The van der Waals surface area contributed by atoms with Crippen molar-refractivity contribution in [3.63, 3.8) is 0 Å². The van der Waals surface area contributed by atoms with Gasteiger partial charge in [0.1, 0.15) is 5.41 Å². The van der Waals surface area contributed by atoms with Gasteiger partial charge >= 0.3 is 0 Å². The van der Waals surface area contributed by atoms with Crippen LogP contribution in [0.1, 0.15) is 27.6 Å². The number of carbonyl (C=O) groups is 3. The zero-order chi connectivity index (χ0) is 22.0. The first kappa shape index (κ1) is 21.6. The molecule has 4 aromatic rings. The Hall–Kier alpha value is -2.59. The molecule has 0 saturated carbocycles. The lowest BCUT2D eigenvalue weighted by Gasteiger charge is -2.34. The van der Waals surface area contributed by atoms with E-state index in [4.69, 9.17) is 9.90 Å². The highest BCUT2D eigenvalue weighted by Gasteiger charge is 2.63. The van der Waals surface area contributed by atoms with Crippen molar-refractivity contribution < 1.29 is 19.5 Å². The molecule has 1 unspecified atom stereocenters. The topological polar surface area (TPSA) is 74.7 Å². The Labute approximate surface area is 194 Å². The summed E-state index contributed by atoms with van der Waals surface area (Å²) in [5.41, 5.74) is -1.01. The molecule has 1 amide bonds. The van der Waals surface area contributed by atoms with E-state index in [1.165, 1.54) is 34.0 Å². The number of carbonyl (C=O) groups excluding carboxylic acids is 2. The lowest BCUT2D eigenvalue weighted by atomic mass is 9.75. The van der Waals surface area contributed by atoms with Crippen molar-refractivity contribution in [3.05, 3.63) is 84.7 Å². The summed E-state index contributed by atoms with van der Waals surface area (Å²) in [6.07, 6.45) is 0. The van der Waals surface area contributed by atoms with Crippen molar-refractivity contribution in [3.8, 4) is 0 Å². The molecule has 9 heteroatoms. The predicted molar refractivity (Wildman–Crippen MR) is 127 cm³/mol. The van der Waals surface area contributed by atoms with E-state index in [1.807, 2.05) is 70.1 Å². The van der Waals surface area contributed by atoms with Crippen LogP contribution in [0.25, 0.3) is 0 Å². The standard InChI is InChI=1S/C20H13NO2S4.C2H4O2/c22-18-19(23)21(16-8-4-12-27-16)17(13-5-1-9-24-13)20(18,14-6-2-10-25-14)15-7-3-11-26-15;1-2(3)4/h1-12,17H;1H3,(H,3,4). The number of ketones is 1. The zero-order valence-electron chi connectivity index (χ0n) is 16.3. The number of thiophene rings is 4. The second-order valence-corrected chi connectivity index (χ2v) is 10.5. The fraction of sp³-hybridized carbons (Fsp3) is 0.136. The number of carboxylic acid groups (broad SMARTS) is 1. The van der Waals surface area contributed by atoms with Crippen molar-refractivity contribution in [1.82, 2.24) is 0 Å². The van der Waals surface area contributed by atoms with Gasteiger partial charge in [-0.1, -0.05) is 18.2 Å². The van der Waals surface area contributed by atoms with Gasteiger partial charge in [0, 0.05) is 21.6 Å². The van der Waals surface area contributed by atoms with Crippen molar-refractivity contribution in [2.24, 2.45) is 0 Å². The number of anilines is 1. The first-order valence-electron chi connectivity index (χ1n) is 9.20. The number of rotatable bonds is 4. The van der Waals surface area contributed by atoms with Crippen LogP contribution in [0.3, 0.4) is 0 Å². The maximum atomic E-state index is 13.7. The van der Waals surface area contributed by atoms with E-state index < -0.39 is 17.3 Å². The van der Waals surface area contributed by atoms with Crippen LogP contribution >= 0.6 is 45.3 Å². The number of hydrogen-bond acceptors (Lipinski definition) is 7. The average Bonchev–Trinajstić information content (AvgIpc) is 3.54. The second kappa shape index (κ2) is 8.88. The number of carboxylic acids is 1. The Balaban J connectivity index is 0.000000535. The van der Waals surface area contributed by atoms with E-state index in [0.29, 0.717) is 0 Å². The second-order valence-electron chi connectivity index (χ2n) is 6.66. The molecule has 1 fully saturated rings. The van der Waals surface area contributed by atoms with E-state index in [0.717, 1.165) is 26.6 Å². The third-order valence-corrected chi connectivity index (χ3v) is 8.62. The summed E-state index contributed by atoms with van der Waals surface area (Å²) in [4.78, 5) is 40.5. The smallest absolute Gasteiger partial charge is 0.300 e. The lowest BCUT2D eigenvalue weighted by molar-refractivity contribution is -0.135. The van der Waals surface area contributed by atoms with Gasteiger partial charge in [0.15, 0.2) is 0 Å². The van der Waals surface area contributed by atoms with Gasteiger partial charge in [0.05, 0.1) is 11.0 Å². The molecule has 1 atom stereocenters. The van der Waals surface area contributed by atoms with Gasteiger partial charge in [-0.25, -0.2) is 0 Å². The van der Waals surface area contributed by atoms with E-state index in [-0.39, 0.29) is 11.8 Å². The third kappa shape index (κ3) is 3.67. The van der Waals surface area contributed by atoms with Crippen molar-refractivity contribution >= 4 is 68.0 Å². The van der Waals surface area contributed by atoms with Crippen molar-refractivity contribution in [2.75, 3.05) is 4.90 Å². The highest BCUT2D eigenvalue weighted by Crippen LogP contribution is 2.56. The average molecular weight is 488 g/mol. The summed E-state index contributed by atoms with van der Waals surface area (Å²) in [5, 5.41) is 16.1. The SMILES string of the molecule is CC(=O)O.O=C1C(=O)C(c2cccs2)(c2cccs2)C(c2cccs2)N1c1cccs1. The van der Waals surface area contributed by atoms with Crippen molar-refractivity contribution in [2.45, 2.75) is 18.4 Å². The minimum Gasteiger partial charge on any atom is -0.481 e. The number of hydrogen-bond donors (Lipinski definition) is 1. The van der Waals surface area contributed by atoms with Crippen LogP contribution < -0.4 is 4.90 Å². The summed E-state index contributed by atoms with van der Waals surface area (Å²) in [6, 6.07) is 15.3. The molecule has 0 spiro atoms. The van der Waals surface area contributed by atoms with Crippen LogP contribution in [0, 0.1) is 0 Å². The predicted octanol–water partition coefficient (Wildman–Crippen LogP) is 5.67. The van der Waals surface area contributed by atoms with Gasteiger partial charge in [0.25, 0.3) is 11.9 Å². The monoisotopic (exact) mass is 487 g/mol. The maximum Gasteiger partial charge on any atom is 0.300 e.